The van der Waals surface area contributed by atoms with E-state index < -0.39 is 0 Å². The molecule has 1 N–H and O–H groups in total. The summed E-state index contributed by atoms with van der Waals surface area (Å²) in [6.07, 6.45) is 4.91. The van der Waals surface area contributed by atoms with Crippen molar-refractivity contribution in [1.29, 1.82) is 0 Å². The summed E-state index contributed by atoms with van der Waals surface area (Å²) in [7, 11) is 0. The minimum absolute atomic E-state index is 0.276. The van der Waals surface area contributed by atoms with Crippen LogP contribution in [0.1, 0.15) is 24.1 Å². The minimum atomic E-state index is 0.276. The van der Waals surface area contributed by atoms with Gasteiger partial charge in [0, 0.05) is 18.3 Å². The molecular weight excluding hydrogens is 324 g/mol. The third-order valence-corrected chi connectivity index (χ3v) is 5.12. The lowest BCUT2D eigenvalue weighted by Crippen LogP contribution is -2.15. The topological polar surface area (TPSA) is 68.6 Å². The molecule has 0 amide bonds. The summed E-state index contributed by atoms with van der Waals surface area (Å²) >= 11 is 1.55. The molecule has 0 spiro atoms. The van der Waals surface area contributed by atoms with Crippen LogP contribution in [0.5, 0.6) is 11.5 Å². The Morgan fingerprint density at radius 1 is 1.17 bits per heavy atom. The molecule has 1 aliphatic heterocycles. The van der Waals surface area contributed by atoms with Crippen LogP contribution in [0.4, 0.5) is 5.13 Å². The number of pyridine rings is 1. The SMILES string of the molecule is c1cnc2c(c1)CCC/C2=N\Nc1nc2cc3c(cc2s1)OCO3. The number of aryl methyl sites for hydroxylation is 1. The van der Waals surface area contributed by atoms with Gasteiger partial charge in [-0.25, -0.2) is 4.98 Å². The Morgan fingerprint density at radius 3 is 3.04 bits per heavy atom. The third kappa shape index (κ3) is 2.28. The summed E-state index contributed by atoms with van der Waals surface area (Å²) in [4.78, 5) is 9.05. The number of nitrogens with one attached hydrogen (secondary N) is 1. The Morgan fingerprint density at radius 2 is 2.08 bits per heavy atom. The third-order valence-electron chi connectivity index (χ3n) is 4.19. The fourth-order valence-corrected chi connectivity index (χ4v) is 3.87. The molecule has 6 nitrogen and oxygen atoms in total. The molecular formula is C17H14N4O2S. The van der Waals surface area contributed by atoms with Gasteiger partial charge in [-0.3, -0.25) is 10.4 Å². The molecule has 0 atom stereocenters. The molecule has 3 heterocycles. The molecule has 0 radical (unpaired) electrons. The molecule has 0 saturated heterocycles. The van der Waals surface area contributed by atoms with Crippen LogP contribution in [0.2, 0.25) is 0 Å². The number of ether oxygens (including phenoxy) is 2. The fourth-order valence-electron chi connectivity index (χ4n) is 3.05. The predicted molar refractivity (Wildman–Crippen MR) is 93.1 cm³/mol. The maximum Gasteiger partial charge on any atom is 0.231 e. The number of nitrogens with zero attached hydrogens (tertiary/aromatic N) is 3. The smallest absolute Gasteiger partial charge is 0.231 e. The highest BCUT2D eigenvalue weighted by molar-refractivity contribution is 7.22. The summed E-state index contributed by atoms with van der Waals surface area (Å²) < 4.78 is 11.9. The number of aromatic nitrogens is 2. The van der Waals surface area contributed by atoms with Crippen molar-refractivity contribution in [3.63, 3.8) is 0 Å². The average molecular weight is 338 g/mol. The molecule has 7 heteroatoms. The summed E-state index contributed by atoms with van der Waals surface area (Å²) in [6, 6.07) is 7.97. The van der Waals surface area contributed by atoms with Gasteiger partial charge >= 0.3 is 0 Å². The van der Waals surface area contributed by atoms with Crippen LogP contribution in [0.15, 0.2) is 35.6 Å². The lowest BCUT2D eigenvalue weighted by molar-refractivity contribution is 0.174. The molecule has 120 valence electrons. The van der Waals surface area contributed by atoms with Crippen molar-refractivity contribution in [1.82, 2.24) is 9.97 Å². The van der Waals surface area contributed by atoms with Crippen LogP contribution in [0, 0.1) is 0 Å². The van der Waals surface area contributed by atoms with Gasteiger partial charge in [-0.15, -0.1) is 0 Å². The monoisotopic (exact) mass is 338 g/mol. The van der Waals surface area contributed by atoms with Crippen LogP contribution in [0.25, 0.3) is 10.2 Å². The molecule has 24 heavy (non-hydrogen) atoms. The van der Waals surface area contributed by atoms with Gasteiger partial charge in [-0.1, -0.05) is 17.4 Å². The van der Waals surface area contributed by atoms with E-state index in [1.807, 2.05) is 24.4 Å². The van der Waals surface area contributed by atoms with E-state index in [9.17, 15) is 0 Å². The quantitative estimate of drug-likeness (QED) is 0.724. The maximum absolute atomic E-state index is 5.41. The summed E-state index contributed by atoms with van der Waals surface area (Å²) in [5.41, 5.74) is 7.23. The van der Waals surface area contributed by atoms with Gasteiger partial charge in [0.05, 0.1) is 21.6 Å². The van der Waals surface area contributed by atoms with E-state index in [1.165, 1.54) is 5.56 Å². The first-order valence-corrected chi connectivity index (χ1v) is 8.65. The average Bonchev–Trinajstić information content (AvgIpc) is 3.23. The normalized spacial score (nSPS) is 17.2. The second-order valence-electron chi connectivity index (χ2n) is 5.73. The van der Waals surface area contributed by atoms with E-state index in [0.717, 1.165) is 57.5 Å². The largest absolute Gasteiger partial charge is 0.454 e. The lowest BCUT2D eigenvalue weighted by Gasteiger charge is -2.15. The zero-order chi connectivity index (χ0) is 15.9. The Bertz CT molecular complexity index is 925. The minimum Gasteiger partial charge on any atom is -0.454 e. The number of anilines is 1. The first-order chi connectivity index (χ1) is 11.9. The van der Waals surface area contributed by atoms with Crippen molar-refractivity contribution in [3.05, 3.63) is 41.7 Å². The molecule has 0 saturated carbocycles. The van der Waals surface area contributed by atoms with Crippen LogP contribution in [-0.4, -0.2) is 22.5 Å². The van der Waals surface area contributed by atoms with Gasteiger partial charge in [-0.2, -0.15) is 5.10 Å². The fraction of sp³-hybridized carbons (Fsp3) is 0.235. The first-order valence-electron chi connectivity index (χ1n) is 7.84. The number of hydrazone groups is 1. The van der Waals surface area contributed by atoms with E-state index in [1.54, 1.807) is 11.3 Å². The standard InChI is InChI=1S/C17H14N4O2S/c1-3-10-4-2-6-18-16(10)11(5-1)20-21-17-19-12-7-13-14(23-9-22-13)8-15(12)24-17/h2,4,6-8H,1,3,5,9H2,(H,19,21)/b20-11+. The van der Waals surface area contributed by atoms with E-state index in [2.05, 4.69) is 26.6 Å². The van der Waals surface area contributed by atoms with Crippen molar-refractivity contribution >= 4 is 32.4 Å². The van der Waals surface area contributed by atoms with Crippen molar-refractivity contribution in [2.24, 2.45) is 5.10 Å². The summed E-state index contributed by atoms with van der Waals surface area (Å²) in [5.74, 6) is 1.52. The lowest BCUT2D eigenvalue weighted by atomic mass is 9.95. The van der Waals surface area contributed by atoms with E-state index >= 15 is 0 Å². The predicted octanol–water partition coefficient (Wildman–Crippen LogP) is 3.57. The zero-order valence-electron chi connectivity index (χ0n) is 12.8. The number of rotatable bonds is 2. The molecule has 0 bridgehead atoms. The summed E-state index contributed by atoms with van der Waals surface area (Å²) in [5, 5.41) is 5.31. The highest BCUT2D eigenvalue weighted by Gasteiger charge is 2.18. The van der Waals surface area contributed by atoms with Crippen LogP contribution < -0.4 is 14.9 Å². The maximum atomic E-state index is 5.41. The van der Waals surface area contributed by atoms with Gasteiger partial charge in [0.25, 0.3) is 0 Å². The Hall–Kier alpha value is -2.67. The van der Waals surface area contributed by atoms with E-state index in [0.29, 0.717) is 0 Å². The molecule has 3 aromatic rings. The van der Waals surface area contributed by atoms with Crippen LogP contribution in [0.3, 0.4) is 0 Å². The van der Waals surface area contributed by atoms with Crippen molar-refractivity contribution in [3.8, 4) is 11.5 Å². The zero-order valence-corrected chi connectivity index (χ0v) is 13.6. The number of hydrogen-bond acceptors (Lipinski definition) is 7. The highest BCUT2D eigenvalue weighted by Crippen LogP contribution is 2.39. The molecule has 0 unspecified atom stereocenters. The van der Waals surface area contributed by atoms with Gasteiger partial charge in [0.1, 0.15) is 0 Å². The van der Waals surface area contributed by atoms with Gasteiger partial charge in [0.15, 0.2) is 11.5 Å². The molecule has 5 rings (SSSR count). The number of thiazole rings is 1. The highest BCUT2D eigenvalue weighted by atomic mass is 32.1. The van der Waals surface area contributed by atoms with Crippen molar-refractivity contribution < 1.29 is 9.47 Å². The molecule has 0 fully saturated rings. The Balaban J connectivity index is 1.45. The second-order valence-corrected chi connectivity index (χ2v) is 6.76. The van der Waals surface area contributed by atoms with Crippen molar-refractivity contribution in [2.75, 3.05) is 12.2 Å². The van der Waals surface area contributed by atoms with Gasteiger partial charge in [0.2, 0.25) is 11.9 Å². The molecule has 1 aliphatic carbocycles. The Kier molecular flexibility index (Phi) is 3.12. The van der Waals surface area contributed by atoms with E-state index in [-0.39, 0.29) is 6.79 Å². The van der Waals surface area contributed by atoms with Crippen molar-refractivity contribution in [2.45, 2.75) is 19.3 Å². The van der Waals surface area contributed by atoms with Gasteiger partial charge in [-0.05, 0) is 30.9 Å². The van der Waals surface area contributed by atoms with Gasteiger partial charge < -0.3 is 9.47 Å². The number of benzene rings is 1. The molecule has 2 aromatic heterocycles. The number of hydrogen-bond donors (Lipinski definition) is 1. The van der Waals surface area contributed by atoms with E-state index in [4.69, 9.17) is 9.47 Å². The summed E-state index contributed by atoms with van der Waals surface area (Å²) in [6.45, 7) is 0.276. The van der Waals surface area contributed by atoms with Crippen LogP contribution >= 0.6 is 11.3 Å². The van der Waals surface area contributed by atoms with Crippen LogP contribution in [-0.2, 0) is 6.42 Å². The first kappa shape index (κ1) is 13.7. The second kappa shape index (κ2) is 5.45. The number of fused-ring (bicyclic) bond motifs is 3. The Labute approximate surface area is 142 Å². The molecule has 1 aromatic carbocycles. The molecule has 2 aliphatic rings.